The molecular weight excluding hydrogens is 302 g/mol. The zero-order chi connectivity index (χ0) is 16.7. The predicted molar refractivity (Wildman–Crippen MR) is 92.3 cm³/mol. The number of nitrogens with zero attached hydrogens (tertiary/aromatic N) is 2. The van der Waals surface area contributed by atoms with E-state index in [1.165, 1.54) is 6.07 Å². The van der Waals surface area contributed by atoms with Gasteiger partial charge >= 0.3 is 0 Å². The summed E-state index contributed by atoms with van der Waals surface area (Å²) in [4.78, 5) is 7.54. The molecule has 1 atom stereocenters. The second-order valence-electron chi connectivity index (χ2n) is 5.84. The van der Waals surface area contributed by atoms with Crippen LogP contribution in [-0.4, -0.2) is 24.7 Å². The van der Waals surface area contributed by atoms with Crippen molar-refractivity contribution in [1.82, 2.24) is 14.5 Å². The molecule has 2 aromatic heterocycles. The number of hydrogen-bond acceptors (Lipinski definition) is 3. The number of aromatic nitrogens is 3. The number of para-hydroxylation sites is 2. The van der Waals surface area contributed by atoms with Crippen LogP contribution in [0.5, 0.6) is 11.5 Å². The summed E-state index contributed by atoms with van der Waals surface area (Å²) < 4.78 is 1.93. The Labute approximate surface area is 138 Å². The summed E-state index contributed by atoms with van der Waals surface area (Å²) >= 11 is 0. The highest BCUT2D eigenvalue weighted by Gasteiger charge is 2.25. The molecule has 2 aromatic carbocycles. The van der Waals surface area contributed by atoms with Gasteiger partial charge in [-0.15, -0.1) is 0 Å². The van der Waals surface area contributed by atoms with Gasteiger partial charge in [-0.1, -0.05) is 30.3 Å². The zero-order valence-corrected chi connectivity index (χ0v) is 13.1. The lowest BCUT2D eigenvalue weighted by atomic mass is 9.95. The minimum atomic E-state index is -0.296. The molecule has 5 nitrogen and oxygen atoms in total. The van der Waals surface area contributed by atoms with E-state index in [1.807, 2.05) is 42.0 Å². The normalized spacial score (nSPS) is 12.5. The fourth-order valence-electron chi connectivity index (χ4n) is 3.31. The number of imidazole rings is 1. The van der Waals surface area contributed by atoms with E-state index in [2.05, 4.69) is 16.0 Å². The fourth-order valence-corrected chi connectivity index (χ4v) is 3.31. The maximum Gasteiger partial charge on any atom is 0.163 e. The van der Waals surface area contributed by atoms with E-state index in [9.17, 15) is 10.2 Å². The fraction of sp³-hybridized carbons (Fsp3) is 0.105. The maximum atomic E-state index is 10.4. The molecule has 4 aromatic rings. The molecule has 0 spiro atoms. The Morgan fingerprint density at radius 2 is 1.92 bits per heavy atom. The molecule has 0 aliphatic carbocycles. The first-order chi connectivity index (χ1) is 11.7. The third kappa shape index (κ3) is 2.13. The molecule has 0 aliphatic heterocycles. The number of H-pyrrole nitrogens is 1. The van der Waals surface area contributed by atoms with Crippen LogP contribution in [-0.2, 0) is 0 Å². The Morgan fingerprint density at radius 3 is 2.71 bits per heavy atom. The highest BCUT2D eigenvalue weighted by molar-refractivity contribution is 5.85. The standard InChI is InChI=1S/C19H17N3O2/c1-12-17(13-5-2-3-7-15(13)21-12)18(22-10-9-20-11-22)14-6-4-8-16(23)19(14)24/h2-11,18,21,23-24H,1H3. The minimum absolute atomic E-state index is 0.110. The van der Waals surface area contributed by atoms with Gasteiger partial charge in [-0.05, 0) is 19.1 Å². The number of aromatic hydroxyl groups is 2. The Morgan fingerprint density at radius 1 is 1.08 bits per heavy atom. The maximum absolute atomic E-state index is 10.4. The average Bonchev–Trinajstić information content (AvgIpc) is 3.20. The van der Waals surface area contributed by atoms with Crippen molar-refractivity contribution in [2.24, 2.45) is 0 Å². The van der Waals surface area contributed by atoms with Gasteiger partial charge in [0.2, 0.25) is 0 Å². The van der Waals surface area contributed by atoms with E-state index in [-0.39, 0.29) is 17.5 Å². The van der Waals surface area contributed by atoms with E-state index < -0.39 is 0 Å². The first-order valence-corrected chi connectivity index (χ1v) is 7.72. The summed E-state index contributed by atoms with van der Waals surface area (Å²) in [5, 5.41) is 21.5. The smallest absolute Gasteiger partial charge is 0.163 e. The van der Waals surface area contributed by atoms with Crippen molar-refractivity contribution in [1.29, 1.82) is 0 Å². The second-order valence-corrected chi connectivity index (χ2v) is 5.84. The van der Waals surface area contributed by atoms with E-state index in [0.717, 1.165) is 22.2 Å². The van der Waals surface area contributed by atoms with Crippen LogP contribution < -0.4 is 0 Å². The third-order valence-electron chi connectivity index (χ3n) is 4.38. The van der Waals surface area contributed by atoms with Crippen LogP contribution in [0.25, 0.3) is 10.9 Å². The lowest BCUT2D eigenvalue weighted by Gasteiger charge is -2.21. The molecule has 3 N–H and O–H groups in total. The number of rotatable bonds is 3. The monoisotopic (exact) mass is 319 g/mol. The molecule has 2 heterocycles. The van der Waals surface area contributed by atoms with Crippen molar-refractivity contribution >= 4 is 10.9 Å². The lowest BCUT2D eigenvalue weighted by Crippen LogP contribution is -2.11. The molecule has 4 rings (SSSR count). The molecule has 120 valence electrons. The summed E-state index contributed by atoms with van der Waals surface area (Å²) in [7, 11) is 0. The van der Waals surface area contributed by atoms with Gasteiger partial charge in [-0.25, -0.2) is 4.98 Å². The number of nitrogens with one attached hydrogen (secondary N) is 1. The Balaban J connectivity index is 2.04. The summed E-state index contributed by atoms with van der Waals surface area (Å²) in [6, 6.07) is 12.8. The Kier molecular flexibility index (Phi) is 3.27. The predicted octanol–water partition coefficient (Wildman–Crippen LogP) is 3.72. The van der Waals surface area contributed by atoms with Gasteiger partial charge in [-0.2, -0.15) is 0 Å². The Hall–Kier alpha value is -3.21. The van der Waals surface area contributed by atoms with Crippen LogP contribution in [0.3, 0.4) is 0 Å². The number of phenols is 2. The van der Waals surface area contributed by atoms with Gasteiger partial charge < -0.3 is 19.8 Å². The van der Waals surface area contributed by atoms with Crippen LogP contribution in [0.1, 0.15) is 22.9 Å². The SMILES string of the molecule is Cc1[nH]c2ccccc2c1C(c1cccc(O)c1O)n1ccnc1. The summed E-state index contributed by atoms with van der Waals surface area (Å²) in [6.45, 7) is 2.01. The molecule has 0 amide bonds. The van der Waals surface area contributed by atoms with E-state index in [4.69, 9.17) is 0 Å². The van der Waals surface area contributed by atoms with Gasteiger partial charge in [0, 0.05) is 40.1 Å². The van der Waals surface area contributed by atoms with Gasteiger partial charge in [-0.3, -0.25) is 0 Å². The second kappa shape index (κ2) is 5.45. The molecule has 0 radical (unpaired) electrons. The van der Waals surface area contributed by atoms with Crippen molar-refractivity contribution in [2.75, 3.05) is 0 Å². The molecule has 5 heteroatoms. The minimum Gasteiger partial charge on any atom is -0.504 e. The van der Waals surface area contributed by atoms with E-state index >= 15 is 0 Å². The first-order valence-electron chi connectivity index (χ1n) is 7.72. The molecule has 0 fully saturated rings. The molecule has 1 unspecified atom stereocenters. The third-order valence-corrected chi connectivity index (χ3v) is 4.38. The lowest BCUT2D eigenvalue weighted by molar-refractivity contribution is 0.395. The van der Waals surface area contributed by atoms with Crippen molar-refractivity contribution in [3.05, 3.63) is 78.0 Å². The van der Waals surface area contributed by atoms with Crippen molar-refractivity contribution in [3.63, 3.8) is 0 Å². The summed E-state index contributed by atoms with van der Waals surface area (Å²) in [5.41, 5.74) is 3.72. The summed E-state index contributed by atoms with van der Waals surface area (Å²) in [6.07, 6.45) is 5.28. The highest BCUT2D eigenvalue weighted by Crippen LogP contribution is 2.41. The average molecular weight is 319 g/mol. The van der Waals surface area contributed by atoms with Crippen LogP contribution in [0.2, 0.25) is 0 Å². The first kappa shape index (κ1) is 14.4. The van der Waals surface area contributed by atoms with Gasteiger partial charge in [0.1, 0.15) is 0 Å². The van der Waals surface area contributed by atoms with Gasteiger partial charge in [0.25, 0.3) is 0 Å². The highest BCUT2D eigenvalue weighted by atomic mass is 16.3. The van der Waals surface area contributed by atoms with Gasteiger partial charge in [0.15, 0.2) is 11.5 Å². The Bertz CT molecular complexity index is 1000. The van der Waals surface area contributed by atoms with E-state index in [1.54, 1.807) is 18.6 Å². The molecule has 0 saturated carbocycles. The van der Waals surface area contributed by atoms with E-state index in [0.29, 0.717) is 5.56 Å². The van der Waals surface area contributed by atoms with Crippen molar-refractivity contribution in [2.45, 2.75) is 13.0 Å². The van der Waals surface area contributed by atoms with Gasteiger partial charge in [0.05, 0.1) is 12.4 Å². The molecule has 0 saturated heterocycles. The number of benzene rings is 2. The van der Waals surface area contributed by atoms with Crippen molar-refractivity contribution < 1.29 is 10.2 Å². The number of aryl methyl sites for hydroxylation is 1. The largest absolute Gasteiger partial charge is 0.504 e. The van der Waals surface area contributed by atoms with Crippen molar-refractivity contribution in [3.8, 4) is 11.5 Å². The van der Waals surface area contributed by atoms with Crippen LogP contribution in [0, 0.1) is 6.92 Å². The molecule has 0 bridgehead atoms. The molecule has 0 aliphatic rings. The number of fused-ring (bicyclic) bond motifs is 1. The topological polar surface area (TPSA) is 74.1 Å². The van der Waals surface area contributed by atoms with Crippen LogP contribution >= 0.6 is 0 Å². The quantitative estimate of drug-likeness (QED) is 0.504. The zero-order valence-electron chi connectivity index (χ0n) is 13.1. The summed E-state index contributed by atoms with van der Waals surface area (Å²) in [5.74, 6) is -0.240. The number of phenolic OH excluding ortho intramolecular Hbond substituents is 2. The van der Waals surface area contributed by atoms with Crippen LogP contribution in [0.15, 0.2) is 61.2 Å². The number of hydrogen-bond donors (Lipinski definition) is 3. The molecular formula is C19H17N3O2. The number of aromatic amines is 1. The van der Waals surface area contributed by atoms with Crippen LogP contribution in [0.4, 0.5) is 0 Å². The molecule has 24 heavy (non-hydrogen) atoms.